The van der Waals surface area contributed by atoms with E-state index in [-0.39, 0.29) is 24.2 Å². The molecule has 0 fully saturated rings. The number of methoxy groups -OCH3 is 1. The number of hydrogen-bond acceptors (Lipinski definition) is 6. The van der Waals surface area contributed by atoms with Gasteiger partial charge in [0.25, 0.3) is 5.91 Å². The predicted octanol–water partition coefficient (Wildman–Crippen LogP) is 5.67. The molecule has 10 heteroatoms. The number of hydrogen-bond donors (Lipinski definition) is 1. The van der Waals surface area contributed by atoms with Gasteiger partial charge < -0.3 is 10.1 Å². The van der Waals surface area contributed by atoms with Crippen LogP contribution >= 0.6 is 23.4 Å². The second-order valence-electron chi connectivity index (χ2n) is 8.50. The van der Waals surface area contributed by atoms with Crippen LogP contribution in [0.4, 0.5) is 10.1 Å². The Morgan fingerprint density at radius 2 is 1.95 bits per heavy atom. The average Bonchev–Trinajstić information content (AvgIpc) is 3.48. The van der Waals surface area contributed by atoms with Crippen molar-refractivity contribution in [2.45, 2.75) is 24.1 Å². The van der Waals surface area contributed by atoms with Crippen molar-refractivity contribution in [3.8, 4) is 5.75 Å². The summed E-state index contributed by atoms with van der Waals surface area (Å²) in [5.41, 5.74) is 3.00. The molecule has 2 aliphatic heterocycles. The van der Waals surface area contributed by atoms with E-state index in [4.69, 9.17) is 21.4 Å². The number of benzene rings is 3. The summed E-state index contributed by atoms with van der Waals surface area (Å²) in [5, 5.41) is 9.57. The maximum atomic E-state index is 13.5. The molecule has 0 saturated heterocycles. The van der Waals surface area contributed by atoms with Crippen molar-refractivity contribution in [3.63, 3.8) is 0 Å². The molecule has 0 aromatic heterocycles. The minimum Gasteiger partial charge on any atom is -0.497 e. The minimum atomic E-state index is -0.675. The van der Waals surface area contributed by atoms with Crippen molar-refractivity contribution < 1.29 is 18.7 Å². The molecule has 2 aliphatic rings. The standard InChI is InChI=1S/C27H22ClFN4O3S/c1-36-21-7-3-6-20(13-21)30-25(34)15-24-26(35)31-27(37-24)33-23(17-4-2-5-18(28)12-17)14-22(32-33)16-8-10-19(29)11-9-16/h2-13,23-24H,14-15H2,1H3,(H,30,34)/t23-,24+/m0/s1. The van der Waals surface area contributed by atoms with Gasteiger partial charge in [-0.3, -0.25) is 9.59 Å². The van der Waals surface area contributed by atoms with Crippen LogP contribution in [0.2, 0.25) is 5.02 Å². The van der Waals surface area contributed by atoms with Crippen LogP contribution in [0, 0.1) is 5.82 Å². The van der Waals surface area contributed by atoms with Crippen LogP contribution in [0.25, 0.3) is 0 Å². The normalized spacial score (nSPS) is 19.0. The second kappa shape index (κ2) is 10.7. The highest BCUT2D eigenvalue weighted by atomic mass is 35.5. The van der Waals surface area contributed by atoms with Gasteiger partial charge in [0.15, 0.2) is 5.17 Å². The Morgan fingerprint density at radius 1 is 1.16 bits per heavy atom. The van der Waals surface area contributed by atoms with E-state index in [1.807, 2.05) is 18.2 Å². The molecule has 3 aromatic rings. The van der Waals surface area contributed by atoms with Crippen molar-refractivity contribution in [3.05, 3.63) is 94.8 Å². The summed E-state index contributed by atoms with van der Waals surface area (Å²) < 4.78 is 18.7. The van der Waals surface area contributed by atoms with E-state index in [9.17, 15) is 14.0 Å². The molecule has 0 spiro atoms. The van der Waals surface area contributed by atoms with Gasteiger partial charge in [0.2, 0.25) is 5.91 Å². The average molecular weight is 537 g/mol. The fourth-order valence-electron chi connectivity index (χ4n) is 4.16. The molecule has 7 nitrogen and oxygen atoms in total. The fourth-order valence-corrected chi connectivity index (χ4v) is 5.42. The summed E-state index contributed by atoms with van der Waals surface area (Å²) in [4.78, 5) is 29.7. The van der Waals surface area contributed by atoms with Gasteiger partial charge in [-0.2, -0.15) is 10.1 Å². The quantitative estimate of drug-likeness (QED) is 0.439. The fraction of sp³-hybridized carbons (Fsp3) is 0.185. The van der Waals surface area contributed by atoms with Crippen LogP contribution in [-0.4, -0.2) is 40.1 Å². The number of carbonyl (C=O) groups excluding carboxylic acids is 2. The Kier molecular flexibility index (Phi) is 7.25. The number of nitrogens with zero attached hydrogens (tertiary/aromatic N) is 3. The zero-order valence-electron chi connectivity index (χ0n) is 19.7. The van der Waals surface area contributed by atoms with Crippen molar-refractivity contribution in [1.82, 2.24) is 5.01 Å². The molecular formula is C27H22ClFN4O3S. The van der Waals surface area contributed by atoms with Crippen molar-refractivity contribution >= 4 is 51.7 Å². The molecule has 1 N–H and O–H groups in total. The van der Waals surface area contributed by atoms with Gasteiger partial charge in [0.05, 0.1) is 18.9 Å². The van der Waals surface area contributed by atoms with Gasteiger partial charge in [0, 0.05) is 29.6 Å². The van der Waals surface area contributed by atoms with Crippen molar-refractivity contribution in [2.75, 3.05) is 12.4 Å². The largest absolute Gasteiger partial charge is 0.497 e. The second-order valence-corrected chi connectivity index (χ2v) is 10.1. The predicted molar refractivity (Wildman–Crippen MR) is 144 cm³/mol. The van der Waals surface area contributed by atoms with Crippen molar-refractivity contribution in [2.24, 2.45) is 10.1 Å². The summed E-state index contributed by atoms with van der Waals surface area (Å²) in [6, 6.07) is 20.3. The molecule has 37 heavy (non-hydrogen) atoms. The summed E-state index contributed by atoms with van der Waals surface area (Å²) in [6.45, 7) is 0. The van der Waals surface area contributed by atoms with Gasteiger partial charge >= 0.3 is 0 Å². The third-order valence-electron chi connectivity index (χ3n) is 5.97. The molecule has 2 amide bonds. The lowest BCUT2D eigenvalue weighted by Gasteiger charge is -2.23. The van der Waals surface area contributed by atoms with Gasteiger partial charge in [0.1, 0.15) is 16.8 Å². The molecule has 3 aromatic carbocycles. The van der Waals surface area contributed by atoms with Gasteiger partial charge in [-0.05, 0) is 47.5 Å². The van der Waals surface area contributed by atoms with E-state index in [0.29, 0.717) is 28.0 Å². The molecule has 0 aliphatic carbocycles. The minimum absolute atomic E-state index is 0.0437. The first kappa shape index (κ1) is 25.0. The lowest BCUT2D eigenvalue weighted by atomic mass is 9.98. The lowest BCUT2D eigenvalue weighted by Crippen LogP contribution is -2.25. The smallest absolute Gasteiger partial charge is 0.262 e. The molecule has 5 rings (SSSR count). The van der Waals surface area contributed by atoms with E-state index < -0.39 is 11.2 Å². The summed E-state index contributed by atoms with van der Waals surface area (Å²) >= 11 is 7.46. The number of ether oxygens (including phenoxy) is 1. The van der Waals surface area contributed by atoms with Crippen LogP contribution in [-0.2, 0) is 9.59 Å². The summed E-state index contributed by atoms with van der Waals surface area (Å²) in [6.07, 6.45) is 0.471. The highest BCUT2D eigenvalue weighted by molar-refractivity contribution is 8.15. The number of amides is 2. The molecule has 0 saturated carbocycles. The third-order valence-corrected chi connectivity index (χ3v) is 7.35. The Morgan fingerprint density at radius 3 is 2.70 bits per heavy atom. The van der Waals surface area contributed by atoms with Crippen LogP contribution < -0.4 is 10.1 Å². The summed E-state index contributed by atoms with van der Waals surface area (Å²) in [7, 11) is 1.55. The number of halogens is 2. The lowest BCUT2D eigenvalue weighted by molar-refractivity contribution is -0.121. The maximum absolute atomic E-state index is 13.5. The van der Waals surface area contributed by atoms with Crippen LogP contribution in [0.5, 0.6) is 5.75 Å². The number of rotatable bonds is 6. The van der Waals surface area contributed by atoms with E-state index in [1.54, 1.807) is 54.6 Å². The number of thioether (sulfide) groups is 1. The number of nitrogens with one attached hydrogen (secondary N) is 1. The molecule has 0 radical (unpaired) electrons. The number of anilines is 1. The van der Waals surface area contributed by atoms with E-state index >= 15 is 0 Å². The molecule has 0 unspecified atom stereocenters. The molecule has 2 heterocycles. The van der Waals surface area contributed by atoms with Crippen LogP contribution in [0.3, 0.4) is 0 Å². The van der Waals surface area contributed by atoms with E-state index in [0.717, 1.165) is 16.8 Å². The Labute approximate surface area is 222 Å². The van der Waals surface area contributed by atoms with Crippen LogP contribution in [0.15, 0.2) is 82.9 Å². The van der Waals surface area contributed by atoms with Crippen LogP contribution in [0.1, 0.15) is 30.0 Å². The number of carbonyl (C=O) groups is 2. The summed E-state index contributed by atoms with van der Waals surface area (Å²) in [5.74, 6) is -0.414. The van der Waals surface area contributed by atoms with Gasteiger partial charge in [-0.1, -0.05) is 53.7 Å². The number of aliphatic imine (C=N–C) groups is 1. The number of hydrazone groups is 1. The van der Waals surface area contributed by atoms with Gasteiger partial charge in [-0.25, -0.2) is 9.40 Å². The number of amidine groups is 1. The monoisotopic (exact) mass is 536 g/mol. The SMILES string of the molecule is COc1cccc(NC(=O)C[C@H]2SC(N3N=C(c4ccc(F)cc4)C[C@H]3c3cccc(Cl)c3)=NC2=O)c1. The molecule has 188 valence electrons. The first-order chi connectivity index (χ1) is 17.9. The highest BCUT2D eigenvalue weighted by Gasteiger charge is 2.39. The van der Waals surface area contributed by atoms with Gasteiger partial charge in [-0.15, -0.1) is 0 Å². The Bertz CT molecular complexity index is 1410. The molecular weight excluding hydrogens is 515 g/mol. The third kappa shape index (κ3) is 5.68. The first-order valence-corrected chi connectivity index (χ1v) is 12.8. The Hall–Kier alpha value is -3.69. The topological polar surface area (TPSA) is 83.4 Å². The Balaban J connectivity index is 1.34. The van der Waals surface area contributed by atoms with E-state index in [1.165, 1.54) is 23.9 Å². The highest BCUT2D eigenvalue weighted by Crippen LogP contribution is 2.39. The molecule has 2 atom stereocenters. The zero-order valence-corrected chi connectivity index (χ0v) is 21.3. The van der Waals surface area contributed by atoms with Crippen molar-refractivity contribution in [1.29, 1.82) is 0 Å². The van der Waals surface area contributed by atoms with E-state index in [2.05, 4.69) is 10.3 Å². The molecule has 0 bridgehead atoms. The zero-order chi connectivity index (χ0) is 25.9. The first-order valence-electron chi connectivity index (χ1n) is 11.5. The maximum Gasteiger partial charge on any atom is 0.262 e.